The van der Waals surface area contributed by atoms with Crippen molar-refractivity contribution in [1.29, 1.82) is 5.26 Å². The zero-order chi connectivity index (χ0) is 24.1. The van der Waals surface area contributed by atoms with Crippen LogP contribution in [0.25, 0.3) is 6.08 Å². The number of rotatable bonds is 6. The van der Waals surface area contributed by atoms with Crippen molar-refractivity contribution in [3.63, 3.8) is 0 Å². The summed E-state index contributed by atoms with van der Waals surface area (Å²) in [5.74, 6) is -0.257. The van der Waals surface area contributed by atoms with Crippen LogP contribution in [0.15, 0.2) is 54.1 Å². The quantitative estimate of drug-likeness (QED) is 0.264. The average molecular weight is 520 g/mol. The highest BCUT2D eigenvalue weighted by atomic mass is 35.5. The van der Waals surface area contributed by atoms with Crippen molar-refractivity contribution in [1.82, 2.24) is 0 Å². The fourth-order valence-corrected chi connectivity index (χ4v) is 3.85. The Bertz CT molecular complexity index is 1270. The van der Waals surface area contributed by atoms with Gasteiger partial charge in [-0.2, -0.15) is 5.26 Å². The van der Waals surface area contributed by atoms with Crippen molar-refractivity contribution in [2.75, 3.05) is 5.32 Å². The Hall–Kier alpha value is -2.68. The zero-order valence-corrected chi connectivity index (χ0v) is 20.7. The summed E-state index contributed by atoms with van der Waals surface area (Å²) >= 11 is 24.7. The van der Waals surface area contributed by atoms with Gasteiger partial charge in [-0.05, 0) is 78.6 Å². The van der Waals surface area contributed by atoms with Gasteiger partial charge >= 0.3 is 0 Å². The van der Waals surface area contributed by atoms with E-state index in [-0.39, 0.29) is 28.0 Å². The van der Waals surface area contributed by atoms with Gasteiger partial charge in [0.1, 0.15) is 18.2 Å². The molecule has 4 nitrogen and oxygen atoms in total. The first-order chi connectivity index (χ1) is 15.7. The molecule has 0 aromatic heterocycles. The summed E-state index contributed by atoms with van der Waals surface area (Å²) in [7, 11) is 0. The molecule has 0 bridgehead atoms. The summed E-state index contributed by atoms with van der Waals surface area (Å²) in [6.07, 6.45) is 1.41. The molecule has 168 valence electrons. The Kier molecular flexibility index (Phi) is 8.29. The van der Waals surface area contributed by atoms with Crippen LogP contribution < -0.4 is 10.1 Å². The van der Waals surface area contributed by atoms with E-state index < -0.39 is 5.91 Å². The summed E-state index contributed by atoms with van der Waals surface area (Å²) in [5.41, 5.74) is 3.92. The number of halogens is 4. The lowest BCUT2D eigenvalue weighted by Gasteiger charge is -2.12. The third-order valence-electron chi connectivity index (χ3n) is 4.83. The van der Waals surface area contributed by atoms with E-state index in [0.29, 0.717) is 21.3 Å². The number of hydrogen-bond donors (Lipinski definition) is 1. The van der Waals surface area contributed by atoms with Crippen LogP contribution >= 0.6 is 46.4 Å². The van der Waals surface area contributed by atoms with Crippen molar-refractivity contribution in [3.8, 4) is 11.8 Å². The third-order valence-corrected chi connectivity index (χ3v) is 6.13. The summed E-state index contributed by atoms with van der Waals surface area (Å²) in [6.45, 7) is 4.10. The van der Waals surface area contributed by atoms with E-state index in [2.05, 4.69) is 5.32 Å². The molecule has 0 atom stereocenters. The van der Waals surface area contributed by atoms with Gasteiger partial charge in [0, 0.05) is 5.69 Å². The number of nitriles is 1. The molecule has 0 fully saturated rings. The van der Waals surface area contributed by atoms with Crippen LogP contribution in [0, 0.1) is 25.2 Å². The predicted octanol–water partition coefficient (Wildman–Crippen LogP) is 8.04. The highest BCUT2D eigenvalue weighted by Crippen LogP contribution is 2.36. The number of carbonyl (C=O) groups is 1. The van der Waals surface area contributed by atoms with E-state index in [0.717, 1.165) is 16.7 Å². The van der Waals surface area contributed by atoms with E-state index in [1.165, 1.54) is 6.08 Å². The van der Waals surface area contributed by atoms with Crippen LogP contribution in [0.3, 0.4) is 0 Å². The number of anilines is 1. The number of hydrogen-bond acceptors (Lipinski definition) is 3. The molecule has 0 aliphatic carbocycles. The molecule has 0 saturated carbocycles. The fourth-order valence-electron chi connectivity index (χ4n) is 2.92. The highest BCUT2D eigenvalue weighted by Gasteiger charge is 2.14. The van der Waals surface area contributed by atoms with E-state index in [1.807, 2.05) is 32.0 Å². The maximum Gasteiger partial charge on any atom is 0.266 e. The van der Waals surface area contributed by atoms with Crippen molar-refractivity contribution in [3.05, 3.63) is 96.4 Å². The Morgan fingerprint density at radius 3 is 2.24 bits per heavy atom. The molecule has 0 heterocycles. The number of amides is 1. The predicted molar refractivity (Wildman–Crippen MR) is 135 cm³/mol. The first-order valence-electron chi connectivity index (χ1n) is 9.74. The number of nitrogens with zero attached hydrogens (tertiary/aromatic N) is 1. The topological polar surface area (TPSA) is 62.1 Å². The molecular formula is C25H18Cl4N2O2. The first-order valence-corrected chi connectivity index (χ1v) is 11.2. The van der Waals surface area contributed by atoms with Crippen molar-refractivity contribution in [2.45, 2.75) is 20.5 Å². The normalized spacial score (nSPS) is 11.1. The highest BCUT2D eigenvalue weighted by molar-refractivity contribution is 6.42. The van der Waals surface area contributed by atoms with Gasteiger partial charge in [-0.3, -0.25) is 4.79 Å². The first kappa shape index (κ1) is 25.0. The van der Waals surface area contributed by atoms with E-state index >= 15 is 0 Å². The van der Waals surface area contributed by atoms with Gasteiger partial charge in [0.2, 0.25) is 0 Å². The Morgan fingerprint density at radius 1 is 0.939 bits per heavy atom. The van der Waals surface area contributed by atoms with Gasteiger partial charge < -0.3 is 10.1 Å². The van der Waals surface area contributed by atoms with Crippen LogP contribution in [0.2, 0.25) is 20.1 Å². The second-order valence-corrected chi connectivity index (χ2v) is 8.90. The monoisotopic (exact) mass is 518 g/mol. The van der Waals surface area contributed by atoms with Crippen molar-refractivity contribution < 1.29 is 9.53 Å². The fraction of sp³-hybridized carbons (Fsp3) is 0.120. The molecule has 0 radical (unpaired) electrons. The van der Waals surface area contributed by atoms with Crippen molar-refractivity contribution >= 4 is 64.1 Å². The van der Waals surface area contributed by atoms with Crippen LogP contribution in [0.1, 0.15) is 22.3 Å². The number of benzene rings is 3. The number of aryl methyl sites for hydroxylation is 2. The second kappa shape index (κ2) is 11.0. The minimum Gasteiger partial charge on any atom is -0.486 e. The number of nitrogens with one attached hydrogen (secondary N) is 1. The van der Waals surface area contributed by atoms with E-state index in [4.69, 9.17) is 51.1 Å². The molecule has 3 aromatic carbocycles. The maximum absolute atomic E-state index is 12.6. The lowest BCUT2D eigenvalue weighted by atomic mass is 10.1. The molecule has 1 amide bonds. The van der Waals surface area contributed by atoms with Gasteiger partial charge in [-0.25, -0.2) is 0 Å². The summed E-state index contributed by atoms with van der Waals surface area (Å²) in [6, 6.07) is 15.7. The maximum atomic E-state index is 12.6. The molecule has 0 saturated heterocycles. The third kappa shape index (κ3) is 6.43. The molecule has 0 spiro atoms. The smallest absolute Gasteiger partial charge is 0.266 e. The number of ether oxygens (including phenoxy) is 1. The largest absolute Gasteiger partial charge is 0.486 e. The van der Waals surface area contributed by atoms with Crippen molar-refractivity contribution in [2.24, 2.45) is 0 Å². The minimum absolute atomic E-state index is 0.0927. The Labute approximate surface area is 212 Å². The second-order valence-electron chi connectivity index (χ2n) is 7.27. The van der Waals surface area contributed by atoms with Gasteiger partial charge in [0.15, 0.2) is 5.75 Å². The van der Waals surface area contributed by atoms with Gasteiger partial charge in [-0.1, -0.05) is 58.5 Å². The minimum atomic E-state index is -0.534. The average Bonchev–Trinajstić information content (AvgIpc) is 2.76. The molecule has 3 aromatic rings. The van der Waals surface area contributed by atoms with Gasteiger partial charge in [0.05, 0.1) is 20.1 Å². The SMILES string of the molecule is Cc1ccc(NC(=O)/C(C#N)=C/c2cc(Cl)c(OCc3ccc(Cl)c(Cl)c3)c(Cl)c2)cc1C. The van der Waals surface area contributed by atoms with Gasteiger partial charge in [0.25, 0.3) is 5.91 Å². The van der Waals surface area contributed by atoms with Crippen LogP contribution in [-0.4, -0.2) is 5.91 Å². The van der Waals surface area contributed by atoms with Gasteiger partial charge in [-0.15, -0.1) is 0 Å². The lowest BCUT2D eigenvalue weighted by molar-refractivity contribution is -0.112. The zero-order valence-electron chi connectivity index (χ0n) is 17.7. The lowest BCUT2D eigenvalue weighted by Crippen LogP contribution is -2.13. The van der Waals surface area contributed by atoms with Crippen LogP contribution in [0.5, 0.6) is 5.75 Å². The Balaban J connectivity index is 1.77. The molecule has 0 aliphatic rings. The Morgan fingerprint density at radius 2 is 1.64 bits per heavy atom. The molecule has 0 unspecified atom stereocenters. The molecule has 1 N–H and O–H groups in total. The summed E-state index contributed by atoms with van der Waals surface area (Å²) in [4.78, 5) is 12.6. The van der Waals surface area contributed by atoms with Crippen LogP contribution in [-0.2, 0) is 11.4 Å². The summed E-state index contributed by atoms with van der Waals surface area (Å²) < 4.78 is 5.75. The summed E-state index contributed by atoms with van der Waals surface area (Å²) in [5, 5.41) is 13.6. The molecular weight excluding hydrogens is 502 g/mol. The molecule has 3 rings (SSSR count). The van der Waals surface area contributed by atoms with E-state index in [1.54, 1.807) is 36.4 Å². The standard InChI is InChI=1S/C25H18Cl4N2O2/c1-14-3-5-19(7-15(14)2)31-25(32)18(12-30)8-17-10-22(28)24(23(29)11-17)33-13-16-4-6-20(26)21(27)9-16/h3-11H,13H2,1-2H3,(H,31,32)/b18-8+. The molecule has 8 heteroatoms. The molecule has 33 heavy (non-hydrogen) atoms. The number of carbonyl (C=O) groups excluding carboxylic acids is 1. The molecule has 0 aliphatic heterocycles. The van der Waals surface area contributed by atoms with E-state index in [9.17, 15) is 10.1 Å². The van der Waals surface area contributed by atoms with Crippen LogP contribution in [0.4, 0.5) is 5.69 Å².